The Labute approximate surface area is 161 Å². The average Bonchev–Trinajstić information content (AvgIpc) is 3.17. The third kappa shape index (κ3) is 5.10. The van der Waals surface area contributed by atoms with Crippen LogP contribution in [0.5, 0.6) is 5.75 Å². The van der Waals surface area contributed by atoms with Gasteiger partial charge in [0.1, 0.15) is 17.6 Å². The number of benzene rings is 2. The van der Waals surface area contributed by atoms with Crippen LogP contribution in [-0.2, 0) is 0 Å². The molecular formula is C19H12F4N4O2. The van der Waals surface area contributed by atoms with E-state index in [2.05, 4.69) is 15.2 Å². The topological polar surface area (TPSA) is 79.9 Å². The van der Waals surface area contributed by atoms with Crippen molar-refractivity contribution in [3.05, 3.63) is 71.8 Å². The van der Waals surface area contributed by atoms with E-state index in [0.29, 0.717) is 5.69 Å². The van der Waals surface area contributed by atoms with Crippen LogP contribution >= 0.6 is 0 Å². The summed E-state index contributed by atoms with van der Waals surface area (Å²) in [5, 5.41) is 15.7. The van der Waals surface area contributed by atoms with Crippen molar-refractivity contribution in [3.63, 3.8) is 0 Å². The number of carbonyl (C=O) groups is 1. The van der Waals surface area contributed by atoms with E-state index in [9.17, 15) is 22.4 Å². The molecule has 0 bridgehead atoms. The van der Waals surface area contributed by atoms with E-state index in [-0.39, 0.29) is 22.6 Å². The first-order chi connectivity index (χ1) is 13.7. The number of amides is 1. The lowest BCUT2D eigenvalue weighted by Gasteiger charge is -2.11. The molecule has 3 aromatic rings. The van der Waals surface area contributed by atoms with Crippen LogP contribution in [-0.4, -0.2) is 28.5 Å². The summed E-state index contributed by atoms with van der Waals surface area (Å²) >= 11 is 0. The highest BCUT2D eigenvalue weighted by atomic mass is 19.4. The number of ether oxygens (including phenoxy) is 1. The lowest BCUT2D eigenvalue weighted by atomic mass is 10.2. The lowest BCUT2D eigenvalue weighted by molar-refractivity contribution is -0.153. The molecule has 2 aromatic carbocycles. The highest BCUT2D eigenvalue weighted by Gasteiger charge is 2.28. The monoisotopic (exact) mass is 404 g/mol. The minimum atomic E-state index is -4.54. The second kappa shape index (κ2) is 8.02. The molecule has 0 radical (unpaired) electrons. The number of halogens is 4. The zero-order valence-electron chi connectivity index (χ0n) is 14.6. The van der Waals surface area contributed by atoms with Crippen molar-refractivity contribution < 1.29 is 27.1 Å². The molecule has 0 aliphatic rings. The molecule has 0 saturated heterocycles. The third-order valence-electron chi connectivity index (χ3n) is 3.69. The van der Waals surface area contributed by atoms with Gasteiger partial charge in [-0.2, -0.15) is 23.5 Å². The van der Waals surface area contributed by atoms with Gasteiger partial charge in [0.05, 0.1) is 23.0 Å². The summed E-state index contributed by atoms with van der Waals surface area (Å²) in [5.74, 6) is -1.20. The number of carbonyl (C=O) groups excluding carboxylic acids is 1. The maximum Gasteiger partial charge on any atom is 0.422 e. The molecule has 0 spiro atoms. The summed E-state index contributed by atoms with van der Waals surface area (Å²) < 4.78 is 55.8. The number of nitrogens with zero attached hydrogens (tertiary/aromatic N) is 3. The Balaban J connectivity index is 1.72. The van der Waals surface area contributed by atoms with Gasteiger partial charge >= 0.3 is 6.18 Å². The van der Waals surface area contributed by atoms with Crippen LogP contribution < -0.4 is 10.1 Å². The van der Waals surface area contributed by atoms with Crippen LogP contribution in [0.15, 0.2) is 54.9 Å². The first kappa shape index (κ1) is 19.9. The Hall–Kier alpha value is -3.87. The fourth-order valence-electron chi connectivity index (χ4n) is 2.36. The largest absolute Gasteiger partial charge is 0.483 e. The maximum atomic E-state index is 13.0. The van der Waals surface area contributed by atoms with E-state index < -0.39 is 24.5 Å². The molecule has 148 valence electrons. The fraction of sp³-hybridized carbons (Fsp3) is 0.105. The first-order valence-electron chi connectivity index (χ1n) is 8.11. The van der Waals surface area contributed by atoms with E-state index in [0.717, 1.165) is 0 Å². The summed E-state index contributed by atoms with van der Waals surface area (Å²) in [6, 6.07) is 10.9. The highest BCUT2D eigenvalue weighted by molar-refractivity contribution is 6.04. The Morgan fingerprint density at radius 1 is 1.21 bits per heavy atom. The van der Waals surface area contributed by atoms with Crippen molar-refractivity contribution in [2.24, 2.45) is 0 Å². The lowest BCUT2D eigenvalue weighted by Crippen LogP contribution is -2.19. The van der Waals surface area contributed by atoms with Crippen molar-refractivity contribution in [3.8, 4) is 17.5 Å². The van der Waals surface area contributed by atoms with Crippen molar-refractivity contribution in [2.75, 3.05) is 11.9 Å². The molecule has 0 aliphatic carbocycles. The van der Waals surface area contributed by atoms with Gasteiger partial charge in [-0.1, -0.05) is 0 Å². The quantitative estimate of drug-likeness (QED) is 0.650. The van der Waals surface area contributed by atoms with E-state index in [1.807, 2.05) is 0 Å². The summed E-state index contributed by atoms with van der Waals surface area (Å²) in [7, 11) is 0. The predicted molar refractivity (Wildman–Crippen MR) is 94.2 cm³/mol. The molecule has 0 atom stereocenters. The number of alkyl halides is 3. The Morgan fingerprint density at radius 3 is 2.59 bits per heavy atom. The van der Waals surface area contributed by atoms with E-state index in [4.69, 9.17) is 5.26 Å². The molecule has 1 amide bonds. The number of hydrogen-bond donors (Lipinski definition) is 1. The fourth-order valence-corrected chi connectivity index (χ4v) is 2.36. The molecule has 0 unspecified atom stereocenters. The molecule has 10 heteroatoms. The summed E-state index contributed by atoms with van der Waals surface area (Å²) in [4.78, 5) is 12.4. The van der Waals surface area contributed by atoms with Crippen LogP contribution in [0, 0.1) is 17.1 Å². The zero-order chi connectivity index (χ0) is 21.0. The number of hydrogen-bond acceptors (Lipinski definition) is 4. The minimum Gasteiger partial charge on any atom is -0.483 e. The van der Waals surface area contributed by atoms with Gasteiger partial charge < -0.3 is 10.1 Å². The Bertz CT molecular complexity index is 1070. The van der Waals surface area contributed by atoms with E-state index in [1.165, 1.54) is 59.5 Å². The van der Waals surface area contributed by atoms with Crippen LogP contribution in [0.2, 0.25) is 0 Å². The normalized spacial score (nSPS) is 11.0. The highest BCUT2D eigenvalue weighted by Crippen LogP contribution is 2.25. The molecule has 6 nitrogen and oxygen atoms in total. The van der Waals surface area contributed by atoms with E-state index in [1.54, 1.807) is 6.07 Å². The first-order valence-corrected chi connectivity index (χ1v) is 8.11. The van der Waals surface area contributed by atoms with Gasteiger partial charge in [-0.05, 0) is 42.5 Å². The van der Waals surface area contributed by atoms with Crippen LogP contribution in [0.3, 0.4) is 0 Å². The second-order valence-corrected chi connectivity index (χ2v) is 5.83. The maximum absolute atomic E-state index is 13.0. The van der Waals surface area contributed by atoms with Gasteiger partial charge in [-0.15, -0.1) is 0 Å². The molecule has 1 aromatic heterocycles. The van der Waals surface area contributed by atoms with Crippen molar-refractivity contribution >= 4 is 11.6 Å². The molecule has 0 aliphatic heterocycles. The molecule has 0 fully saturated rings. The zero-order valence-corrected chi connectivity index (χ0v) is 14.6. The standard InChI is InChI=1S/C19H12F4N4O2/c20-14-1-4-16(5-2-14)27-10-13(9-25-27)18(28)26-15-3-6-17(12(7-15)8-24)29-11-19(21,22)23/h1-7,9-10H,11H2,(H,26,28). The number of nitrogens with one attached hydrogen (secondary N) is 1. The molecule has 29 heavy (non-hydrogen) atoms. The molecular weight excluding hydrogens is 392 g/mol. The molecule has 1 N–H and O–H groups in total. The average molecular weight is 404 g/mol. The number of nitriles is 1. The second-order valence-electron chi connectivity index (χ2n) is 5.83. The van der Waals surface area contributed by atoms with Crippen molar-refractivity contribution in [1.29, 1.82) is 5.26 Å². The Morgan fingerprint density at radius 2 is 1.93 bits per heavy atom. The molecule has 0 saturated carbocycles. The van der Waals surface area contributed by atoms with E-state index >= 15 is 0 Å². The SMILES string of the molecule is N#Cc1cc(NC(=O)c2cnn(-c3ccc(F)cc3)c2)ccc1OCC(F)(F)F. The van der Waals surface area contributed by atoms with Gasteiger partial charge in [0, 0.05) is 11.9 Å². The summed E-state index contributed by atoms with van der Waals surface area (Å²) in [6.07, 6.45) is -1.82. The van der Waals surface area contributed by atoms with Gasteiger partial charge in [0.15, 0.2) is 6.61 Å². The van der Waals surface area contributed by atoms with Gasteiger partial charge in [0.2, 0.25) is 0 Å². The summed E-state index contributed by atoms with van der Waals surface area (Å²) in [5.41, 5.74) is 0.767. The van der Waals surface area contributed by atoms with Crippen molar-refractivity contribution in [1.82, 2.24) is 9.78 Å². The predicted octanol–water partition coefficient (Wildman–Crippen LogP) is 4.08. The van der Waals surface area contributed by atoms with Crippen LogP contribution in [0.1, 0.15) is 15.9 Å². The smallest absolute Gasteiger partial charge is 0.422 e. The molecule has 1 heterocycles. The van der Waals surface area contributed by atoms with Gasteiger partial charge in [0.25, 0.3) is 5.91 Å². The number of aromatic nitrogens is 2. The third-order valence-corrected chi connectivity index (χ3v) is 3.69. The number of anilines is 1. The Kier molecular flexibility index (Phi) is 5.50. The van der Waals surface area contributed by atoms with Crippen LogP contribution in [0.25, 0.3) is 5.69 Å². The van der Waals surface area contributed by atoms with Gasteiger partial charge in [-0.3, -0.25) is 4.79 Å². The molecule has 3 rings (SSSR count). The minimum absolute atomic E-state index is 0.158. The van der Waals surface area contributed by atoms with Crippen molar-refractivity contribution in [2.45, 2.75) is 6.18 Å². The summed E-state index contributed by atoms with van der Waals surface area (Å²) in [6.45, 7) is -1.53. The number of rotatable bonds is 5. The van der Waals surface area contributed by atoms with Gasteiger partial charge in [-0.25, -0.2) is 9.07 Å². The van der Waals surface area contributed by atoms with Crippen LogP contribution in [0.4, 0.5) is 23.2 Å².